The van der Waals surface area contributed by atoms with Crippen LogP contribution in [0.1, 0.15) is 38.8 Å². The second kappa shape index (κ2) is 11.4. The van der Waals surface area contributed by atoms with Gasteiger partial charge in [0.25, 0.3) is 5.91 Å². The molecule has 160 valence electrons. The summed E-state index contributed by atoms with van der Waals surface area (Å²) in [5, 5.41) is 3.79. The molecular weight excluding hydrogens is 400 g/mol. The van der Waals surface area contributed by atoms with Crippen molar-refractivity contribution in [2.45, 2.75) is 44.3 Å². The zero-order valence-electron chi connectivity index (χ0n) is 17.8. The Morgan fingerprint density at radius 3 is 2.40 bits per heavy atom. The zero-order valence-corrected chi connectivity index (χ0v) is 18.6. The first-order chi connectivity index (χ1) is 14.2. The Morgan fingerprint density at radius 2 is 1.77 bits per heavy atom. The number of hydrazone groups is 1. The highest BCUT2D eigenvalue weighted by molar-refractivity contribution is 7.99. The Kier molecular flexibility index (Phi) is 8.92. The summed E-state index contributed by atoms with van der Waals surface area (Å²) in [4.78, 5) is 23.8. The highest BCUT2D eigenvalue weighted by Crippen LogP contribution is 2.17. The molecule has 0 spiro atoms. The molecule has 0 aliphatic carbocycles. The van der Waals surface area contributed by atoms with Crippen molar-refractivity contribution in [2.24, 2.45) is 5.10 Å². The van der Waals surface area contributed by atoms with Gasteiger partial charge in [-0.3, -0.25) is 4.79 Å². The predicted molar refractivity (Wildman–Crippen MR) is 121 cm³/mol. The van der Waals surface area contributed by atoms with Gasteiger partial charge in [-0.05, 0) is 63.1 Å². The number of rotatable bonds is 9. The lowest BCUT2D eigenvalue weighted by atomic mass is 10.2. The van der Waals surface area contributed by atoms with E-state index in [-0.39, 0.29) is 17.8 Å². The number of carbonyl (C=O) groups excluding carboxylic acids is 2. The lowest BCUT2D eigenvalue weighted by molar-refractivity contribution is -0.157. The first kappa shape index (κ1) is 23.5. The fraction of sp³-hybridized carbons (Fsp3) is 0.348. The van der Waals surface area contributed by atoms with Gasteiger partial charge in [0.05, 0.1) is 11.5 Å². The molecule has 0 saturated carbocycles. The van der Waals surface area contributed by atoms with Crippen LogP contribution < -0.4 is 10.2 Å². The number of carbonyl (C=O) groups is 2. The van der Waals surface area contributed by atoms with Crippen LogP contribution in [0.25, 0.3) is 0 Å². The Balaban J connectivity index is 1.74. The quantitative estimate of drug-likeness (QED) is 0.368. The lowest BCUT2D eigenvalue weighted by Crippen LogP contribution is -2.27. The van der Waals surface area contributed by atoms with Crippen LogP contribution in [-0.2, 0) is 20.1 Å². The van der Waals surface area contributed by atoms with Crippen molar-refractivity contribution in [3.05, 3.63) is 65.7 Å². The van der Waals surface area contributed by atoms with Crippen LogP contribution in [0, 0.1) is 0 Å². The number of hydrogen-bond donors (Lipinski definition) is 1. The van der Waals surface area contributed by atoms with E-state index < -0.39 is 11.6 Å². The van der Waals surface area contributed by atoms with Crippen molar-refractivity contribution in [3.8, 4) is 5.75 Å². The van der Waals surface area contributed by atoms with Crippen LogP contribution in [-0.4, -0.2) is 35.5 Å². The topological polar surface area (TPSA) is 77.0 Å². The minimum absolute atomic E-state index is 0.149. The average Bonchev–Trinajstić information content (AvgIpc) is 2.71. The van der Waals surface area contributed by atoms with E-state index in [4.69, 9.17) is 9.47 Å². The van der Waals surface area contributed by atoms with Crippen molar-refractivity contribution in [2.75, 3.05) is 6.61 Å². The van der Waals surface area contributed by atoms with E-state index >= 15 is 0 Å². The minimum Gasteiger partial charge on any atom is -0.482 e. The first-order valence-electron chi connectivity index (χ1n) is 9.66. The molecule has 0 aliphatic rings. The van der Waals surface area contributed by atoms with Crippen molar-refractivity contribution >= 4 is 29.9 Å². The Bertz CT molecular complexity index is 846. The van der Waals surface area contributed by atoms with Gasteiger partial charge in [-0.15, -0.1) is 11.8 Å². The van der Waals surface area contributed by atoms with Gasteiger partial charge in [-0.1, -0.05) is 30.3 Å². The van der Waals surface area contributed by atoms with E-state index in [1.54, 1.807) is 63.0 Å². The normalized spacial score (nSPS) is 12.4. The molecule has 0 saturated heterocycles. The van der Waals surface area contributed by atoms with Crippen LogP contribution in [0.4, 0.5) is 0 Å². The number of benzene rings is 2. The summed E-state index contributed by atoms with van der Waals surface area (Å²) in [6, 6.07) is 17.0. The molecule has 0 bridgehead atoms. The van der Waals surface area contributed by atoms with Gasteiger partial charge < -0.3 is 9.47 Å². The molecule has 2 aromatic carbocycles. The van der Waals surface area contributed by atoms with Crippen LogP contribution in [0.3, 0.4) is 0 Å². The fourth-order valence-corrected chi connectivity index (χ4v) is 3.13. The molecule has 0 heterocycles. The number of thioether (sulfide) groups is 1. The van der Waals surface area contributed by atoms with E-state index in [1.165, 1.54) is 5.56 Å². The predicted octanol–water partition coefficient (Wildman–Crippen LogP) is 4.18. The van der Waals surface area contributed by atoms with Gasteiger partial charge in [0, 0.05) is 5.75 Å². The first-order valence-corrected chi connectivity index (χ1v) is 10.7. The maximum absolute atomic E-state index is 12.1. The lowest BCUT2D eigenvalue weighted by Gasteiger charge is -2.19. The Labute approximate surface area is 182 Å². The summed E-state index contributed by atoms with van der Waals surface area (Å²) in [6.45, 7) is 7.12. The van der Waals surface area contributed by atoms with Gasteiger partial charge in [0.2, 0.25) is 0 Å². The van der Waals surface area contributed by atoms with Gasteiger partial charge in [-0.2, -0.15) is 5.10 Å². The highest BCUT2D eigenvalue weighted by atomic mass is 32.2. The second-order valence-corrected chi connectivity index (χ2v) is 8.95. The van der Waals surface area contributed by atoms with E-state index in [0.717, 1.165) is 11.3 Å². The molecule has 6 nitrogen and oxygen atoms in total. The van der Waals surface area contributed by atoms with E-state index in [9.17, 15) is 9.59 Å². The molecule has 1 atom stereocenters. The number of nitrogens with one attached hydrogen (secondary N) is 1. The maximum atomic E-state index is 12.1. The number of amides is 1. The van der Waals surface area contributed by atoms with Crippen LogP contribution >= 0.6 is 11.8 Å². The average molecular weight is 429 g/mol. The van der Waals surface area contributed by atoms with Gasteiger partial charge in [0.15, 0.2) is 6.61 Å². The molecular formula is C23H28N2O4S. The Morgan fingerprint density at radius 1 is 1.10 bits per heavy atom. The SMILES string of the molecule is C[C@H](SCc1ccccc1)C(=O)NN=Cc1ccc(OCC(=O)OC(C)(C)C)cc1. The molecule has 1 N–H and O–H groups in total. The largest absolute Gasteiger partial charge is 0.482 e. The van der Waals surface area contributed by atoms with Crippen molar-refractivity contribution in [1.82, 2.24) is 5.43 Å². The molecule has 2 aromatic rings. The summed E-state index contributed by atoms with van der Waals surface area (Å²) >= 11 is 1.56. The monoisotopic (exact) mass is 428 g/mol. The molecule has 7 heteroatoms. The van der Waals surface area contributed by atoms with Gasteiger partial charge >= 0.3 is 5.97 Å². The van der Waals surface area contributed by atoms with Crippen molar-refractivity contribution in [1.29, 1.82) is 0 Å². The molecule has 1 amide bonds. The molecule has 0 aromatic heterocycles. The van der Waals surface area contributed by atoms with E-state index in [0.29, 0.717) is 5.75 Å². The van der Waals surface area contributed by atoms with Crippen LogP contribution in [0.15, 0.2) is 59.7 Å². The highest BCUT2D eigenvalue weighted by Gasteiger charge is 2.16. The summed E-state index contributed by atoms with van der Waals surface area (Å²) in [6.07, 6.45) is 1.56. The molecule has 30 heavy (non-hydrogen) atoms. The second-order valence-electron chi connectivity index (χ2n) is 7.62. The maximum Gasteiger partial charge on any atom is 0.344 e. The Hall–Kier alpha value is -2.80. The third-order valence-electron chi connectivity index (χ3n) is 3.76. The van der Waals surface area contributed by atoms with Crippen LogP contribution in [0.5, 0.6) is 5.75 Å². The van der Waals surface area contributed by atoms with Crippen molar-refractivity contribution in [3.63, 3.8) is 0 Å². The molecule has 2 rings (SSSR count). The summed E-state index contributed by atoms with van der Waals surface area (Å²) in [7, 11) is 0. The number of hydrogen-bond acceptors (Lipinski definition) is 6. The minimum atomic E-state index is -0.539. The number of esters is 1. The third kappa shape index (κ3) is 9.13. The fourth-order valence-electron chi connectivity index (χ4n) is 2.30. The van der Waals surface area contributed by atoms with E-state index in [1.807, 2.05) is 37.3 Å². The van der Waals surface area contributed by atoms with Gasteiger partial charge in [0.1, 0.15) is 11.4 Å². The van der Waals surface area contributed by atoms with Crippen LogP contribution in [0.2, 0.25) is 0 Å². The molecule has 0 unspecified atom stereocenters. The molecule has 0 aliphatic heterocycles. The van der Waals surface area contributed by atoms with Gasteiger partial charge in [-0.25, -0.2) is 10.2 Å². The summed E-state index contributed by atoms with van der Waals surface area (Å²) in [5.41, 5.74) is 4.00. The summed E-state index contributed by atoms with van der Waals surface area (Å²) in [5.74, 6) is 0.747. The molecule has 0 radical (unpaired) electrons. The summed E-state index contributed by atoms with van der Waals surface area (Å²) < 4.78 is 10.6. The van der Waals surface area contributed by atoms with E-state index in [2.05, 4.69) is 10.5 Å². The number of nitrogens with zero attached hydrogens (tertiary/aromatic N) is 1. The van der Waals surface area contributed by atoms with Crippen molar-refractivity contribution < 1.29 is 19.1 Å². The zero-order chi connectivity index (χ0) is 22.0. The standard InChI is InChI=1S/C23H28N2O4S/c1-17(30-16-19-8-6-5-7-9-19)22(27)25-24-14-18-10-12-20(13-11-18)28-15-21(26)29-23(2,3)4/h5-14,17H,15-16H2,1-4H3,(H,25,27)/t17-/m0/s1. The number of ether oxygens (including phenoxy) is 2. The third-order valence-corrected chi connectivity index (χ3v) is 4.97. The molecule has 0 fully saturated rings. The smallest absolute Gasteiger partial charge is 0.344 e.